The third-order valence-electron chi connectivity index (χ3n) is 4.14. The lowest BCUT2D eigenvalue weighted by Crippen LogP contribution is -2.41. The van der Waals surface area contributed by atoms with Crippen molar-refractivity contribution in [3.05, 3.63) is 42.1 Å². The molecule has 1 saturated carbocycles. The Morgan fingerprint density at radius 2 is 2.18 bits per heavy atom. The van der Waals surface area contributed by atoms with Crippen LogP contribution in [0.4, 0.5) is 4.79 Å². The maximum absolute atomic E-state index is 12.1. The molecule has 1 aromatic carbocycles. The molecule has 1 aliphatic carbocycles. The molecule has 116 valence electrons. The molecule has 3 rings (SSSR count). The summed E-state index contributed by atoms with van der Waals surface area (Å²) >= 11 is 0. The summed E-state index contributed by atoms with van der Waals surface area (Å²) in [5, 5.41) is 13.9. The van der Waals surface area contributed by atoms with Gasteiger partial charge in [0.2, 0.25) is 0 Å². The highest BCUT2D eigenvalue weighted by atomic mass is 16.3. The fourth-order valence-corrected chi connectivity index (χ4v) is 2.61. The molecule has 5 nitrogen and oxygen atoms in total. The molecule has 5 heteroatoms. The van der Waals surface area contributed by atoms with Crippen LogP contribution in [0, 0.1) is 5.92 Å². The largest absolute Gasteiger partial charge is 0.391 e. The Kier molecular flexibility index (Phi) is 4.24. The van der Waals surface area contributed by atoms with Crippen LogP contribution in [0.2, 0.25) is 0 Å². The second kappa shape index (κ2) is 6.32. The molecule has 1 fully saturated rings. The molecule has 2 N–H and O–H groups in total. The maximum Gasteiger partial charge on any atom is 0.317 e. The van der Waals surface area contributed by atoms with E-state index >= 15 is 0 Å². The van der Waals surface area contributed by atoms with Gasteiger partial charge in [-0.15, -0.1) is 0 Å². The summed E-state index contributed by atoms with van der Waals surface area (Å²) < 4.78 is 0. The highest BCUT2D eigenvalue weighted by Crippen LogP contribution is 2.32. The predicted octanol–water partition coefficient (Wildman–Crippen LogP) is 2.15. The van der Waals surface area contributed by atoms with E-state index in [4.69, 9.17) is 0 Å². The maximum atomic E-state index is 12.1. The molecule has 1 atom stereocenters. The number of aliphatic hydroxyl groups is 1. The van der Waals surface area contributed by atoms with Crippen molar-refractivity contribution in [1.29, 1.82) is 0 Å². The van der Waals surface area contributed by atoms with Crippen LogP contribution in [0.3, 0.4) is 0 Å². The van der Waals surface area contributed by atoms with Crippen molar-refractivity contribution in [2.24, 2.45) is 5.92 Å². The lowest BCUT2D eigenvalue weighted by atomic mass is 10.1. The molecule has 0 bridgehead atoms. The molecule has 2 aromatic rings. The van der Waals surface area contributed by atoms with Crippen LogP contribution >= 0.6 is 0 Å². The number of aromatic nitrogens is 1. The lowest BCUT2D eigenvalue weighted by Gasteiger charge is -2.21. The summed E-state index contributed by atoms with van der Waals surface area (Å²) in [6.07, 6.45) is 3.49. The van der Waals surface area contributed by atoms with Crippen molar-refractivity contribution in [2.75, 3.05) is 13.6 Å². The molecule has 0 radical (unpaired) electrons. The minimum Gasteiger partial charge on any atom is -0.391 e. The van der Waals surface area contributed by atoms with Gasteiger partial charge in [0.15, 0.2) is 0 Å². The van der Waals surface area contributed by atoms with Crippen molar-refractivity contribution in [3.63, 3.8) is 0 Å². The first-order valence-corrected chi connectivity index (χ1v) is 7.65. The van der Waals surface area contributed by atoms with Gasteiger partial charge >= 0.3 is 6.03 Å². The summed E-state index contributed by atoms with van der Waals surface area (Å²) in [7, 11) is 1.71. The Balaban J connectivity index is 1.59. The summed E-state index contributed by atoms with van der Waals surface area (Å²) in [4.78, 5) is 18.0. The molecule has 2 amide bonds. The second-order valence-corrected chi connectivity index (χ2v) is 5.93. The summed E-state index contributed by atoms with van der Waals surface area (Å²) in [5.74, 6) is 0.374. The van der Waals surface area contributed by atoms with E-state index in [0.29, 0.717) is 19.0 Å². The molecule has 1 aliphatic rings. The normalized spacial score (nSPS) is 15.5. The zero-order valence-corrected chi connectivity index (χ0v) is 12.7. The van der Waals surface area contributed by atoms with Crippen molar-refractivity contribution >= 4 is 16.9 Å². The first-order valence-electron chi connectivity index (χ1n) is 7.65. The fraction of sp³-hybridized carbons (Fsp3) is 0.412. The molecule has 0 saturated heterocycles. The number of hydrogen-bond donors (Lipinski definition) is 2. The zero-order chi connectivity index (χ0) is 15.5. The number of hydrogen-bond acceptors (Lipinski definition) is 3. The van der Waals surface area contributed by atoms with Gasteiger partial charge in [-0.3, -0.25) is 4.98 Å². The molecule has 0 aliphatic heterocycles. The van der Waals surface area contributed by atoms with E-state index < -0.39 is 6.10 Å². The highest BCUT2D eigenvalue weighted by molar-refractivity contribution is 5.82. The van der Waals surface area contributed by atoms with E-state index in [0.717, 1.165) is 29.3 Å². The van der Waals surface area contributed by atoms with E-state index in [-0.39, 0.29) is 6.03 Å². The highest BCUT2D eigenvalue weighted by Gasteiger charge is 2.31. The Morgan fingerprint density at radius 1 is 1.41 bits per heavy atom. The van der Waals surface area contributed by atoms with E-state index in [1.165, 1.54) is 0 Å². The minimum atomic E-state index is -0.405. The topological polar surface area (TPSA) is 65.5 Å². The summed E-state index contributed by atoms with van der Waals surface area (Å²) in [5.41, 5.74) is 1.96. The fourth-order valence-electron chi connectivity index (χ4n) is 2.61. The van der Waals surface area contributed by atoms with Crippen molar-refractivity contribution < 1.29 is 9.90 Å². The van der Waals surface area contributed by atoms with Crippen LogP contribution in [0.1, 0.15) is 18.4 Å². The van der Waals surface area contributed by atoms with E-state index in [1.807, 2.05) is 30.3 Å². The second-order valence-electron chi connectivity index (χ2n) is 5.93. The number of nitrogens with zero attached hydrogens (tertiary/aromatic N) is 2. The van der Waals surface area contributed by atoms with Gasteiger partial charge in [-0.05, 0) is 36.5 Å². The summed E-state index contributed by atoms with van der Waals surface area (Å²) in [6.45, 7) is 0.833. The Morgan fingerprint density at radius 3 is 2.95 bits per heavy atom. The van der Waals surface area contributed by atoms with Crippen LogP contribution in [0.5, 0.6) is 0 Å². The van der Waals surface area contributed by atoms with E-state index in [2.05, 4.69) is 10.3 Å². The number of amides is 2. The van der Waals surface area contributed by atoms with Crippen molar-refractivity contribution in [3.8, 4) is 0 Å². The number of carbonyl (C=O) groups is 1. The predicted molar refractivity (Wildman–Crippen MR) is 85.3 cm³/mol. The lowest BCUT2D eigenvalue weighted by molar-refractivity contribution is 0.113. The van der Waals surface area contributed by atoms with Crippen LogP contribution in [0.15, 0.2) is 36.5 Å². The van der Waals surface area contributed by atoms with Crippen molar-refractivity contribution in [1.82, 2.24) is 15.2 Å². The zero-order valence-electron chi connectivity index (χ0n) is 12.7. The van der Waals surface area contributed by atoms with Gasteiger partial charge in [0, 0.05) is 31.7 Å². The van der Waals surface area contributed by atoms with Gasteiger partial charge in [-0.25, -0.2) is 4.79 Å². The monoisotopic (exact) mass is 299 g/mol. The number of carbonyl (C=O) groups excluding carboxylic acids is 1. The molecule has 22 heavy (non-hydrogen) atoms. The van der Waals surface area contributed by atoms with Gasteiger partial charge in [0.25, 0.3) is 0 Å². The smallest absolute Gasteiger partial charge is 0.317 e. The third-order valence-corrected chi connectivity index (χ3v) is 4.14. The van der Waals surface area contributed by atoms with Gasteiger partial charge < -0.3 is 15.3 Å². The van der Waals surface area contributed by atoms with Gasteiger partial charge in [0.1, 0.15) is 0 Å². The average molecular weight is 299 g/mol. The SMILES string of the molecule is CN(CC(O)C1CC1)C(=O)NCc1ccnc2ccccc12. The molecule has 1 heterocycles. The molecule has 1 aromatic heterocycles. The summed E-state index contributed by atoms with van der Waals surface area (Å²) in [6, 6.07) is 9.63. The number of fused-ring (bicyclic) bond motifs is 1. The number of aliphatic hydroxyl groups excluding tert-OH is 1. The number of nitrogens with one attached hydrogen (secondary N) is 1. The Hall–Kier alpha value is -2.14. The molecule has 0 spiro atoms. The number of benzene rings is 1. The Bertz CT molecular complexity index is 665. The molecule has 1 unspecified atom stereocenters. The average Bonchev–Trinajstić information content (AvgIpc) is 3.37. The van der Waals surface area contributed by atoms with Gasteiger partial charge in [-0.1, -0.05) is 18.2 Å². The number of rotatable bonds is 5. The Labute approximate surface area is 130 Å². The minimum absolute atomic E-state index is 0.166. The standard InChI is InChI=1S/C17H21N3O2/c1-20(11-16(21)12-6-7-12)17(22)19-10-13-8-9-18-15-5-3-2-4-14(13)15/h2-5,8-9,12,16,21H,6-7,10-11H2,1H3,(H,19,22). The van der Waals surface area contributed by atoms with Crippen LogP contribution < -0.4 is 5.32 Å². The van der Waals surface area contributed by atoms with Gasteiger partial charge in [-0.2, -0.15) is 0 Å². The number of para-hydroxylation sites is 1. The van der Waals surface area contributed by atoms with Crippen molar-refractivity contribution in [2.45, 2.75) is 25.5 Å². The van der Waals surface area contributed by atoms with Crippen LogP contribution in [-0.4, -0.2) is 40.7 Å². The molecular formula is C17H21N3O2. The quantitative estimate of drug-likeness (QED) is 0.889. The third kappa shape index (κ3) is 3.36. The number of pyridine rings is 1. The van der Waals surface area contributed by atoms with E-state index in [1.54, 1.807) is 18.1 Å². The molecular weight excluding hydrogens is 278 g/mol. The first kappa shape index (κ1) is 14.8. The first-order chi connectivity index (χ1) is 10.6. The number of urea groups is 1. The number of likely N-dealkylation sites (N-methyl/N-ethyl adjacent to an activating group) is 1. The van der Waals surface area contributed by atoms with Crippen LogP contribution in [-0.2, 0) is 6.54 Å². The van der Waals surface area contributed by atoms with E-state index in [9.17, 15) is 9.90 Å². The van der Waals surface area contributed by atoms with Crippen LogP contribution in [0.25, 0.3) is 10.9 Å². The van der Waals surface area contributed by atoms with Gasteiger partial charge in [0.05, 0.1) is 11.6 Å².